The summed E-state index contributed by atoms with van der Waals surface area (Å²) < 4.78 is 5.90. The van der Waals surface area contributed by atoms with Crippen LogP contribution in [0.3, 0.4) is 0 Å². The van der Waals surface area contributed by atoms with Gasteiger partial charge in [0.2, 0.25) is 0 Å². The zero-order valence-corrected chi connectivity index (χ0v) is 13.1. The molecular weight excluding hydrogens is 250 g/mol. The standard InChI is InChI=1S/C17H25NO2/c1-12-6-8-15(9-7-12)16(19)14(3)18-10-13(2)20-17(4,5)11-18/h6-9,13-14H,10-11H2,1-5H3. The quantitative estimate of drug-likeness (QED) is 0.794. The summed E-state index contributed by atoms with van der Waals surface area (Å²) in [5.41, 5.74) is 1.77. The van der Waals surface area contributed by atoms with Crippen molar-refractivity contribution in [3.05, 3.63) is 35.4 Å². The van der Waals surface area contributed by atoms with Crippen molar-refractivity contribution in [2.45, 2.75) is 52.4 Å². The molecule has 0 spiro atoms. The second-order valence-corrected chi connectivity index (χ2v) is 6.52. The first-order valence-corrected chi connectivity index (χ1v) is 7.31. The first kappa shape index (κ1) is 15.2. The maximum Gasteiger partial charge on any atom is 0.179 e. The van der Waals surface area contributed by atoms with E-state index in [-0.39, 0.29) is 23.5 Å². The van der Waals surface area contributed by atoms with E-state index in [1.807, 2.05) is 38.1 Å². The molecule has 0 aliphatic carbocycles. The first-order valence-electron chi connectivity index (χ1n) is 7.31. The third kappa shape index (κ3) is 3.47. The fourth-order valence-electron chi connectivity index (χ4n) is 2.92. The van der Waals surface area contributed by atoms with Gasteiger partial charge in [-0.1, -0.05) is 29.8 Å². The van der Waals surface area contributed by atoms with Gasteiger partial charge in [-0.05, 0) is 34.6 Å². The first-order chi connectivity index (χ1) is 9.28. The molecule has 1 aliphatic rings. The molecule has 0 radical (unpaired) electrons. The van der Waals surface area contributed by atoms with Gasteiger partial charge in [-0.25, -0.2) is 0 Å². The number of nitrogens with zero attached hydrogens (tertiary/aromatic N) is 1. The lowest BCUT2D eigenvalue weighted by Crippen LogP contribution is -2.56. The summed E-state index contributed by atoms with van der Waals surface area (Å²) in [7, 11) is 0. The highest BCUT2D eigenvalue weighted by Gasteiger charge is 2.35. The van der Waals surface area contributed by atoms with Crippen molar-refractivity contribution >= 4 is 5.78 Å². The van der Waals surface area contributed by atoms with E-state index in [9.17, 15) is 4.79 Å². The maximum absolute atomic E-state index is 12.6. The van der Waals surface area contributed by atoms with Crippen LogP contribution in [-0.4, -0.2) is 41.5 Å². The van der Waals surface area contributed by atoms with Gasteiger partial charge in [0.05, 0.1) is 17.7 Å². The van der Waals surface area contributed by atoms with E-state index in [1.54, 1.807) is 0 Å². The van der Waals surface area contributed by atoms with Crippen molar-refractivity contribution in [3.8, 4) is 0 Å². The molecule has 3 heteroatoms. The third-order valence-corrected chi connectivity index (χ3v) is 3.86. The van der Waals surface area contributed by atoms with Crippen LogP contribution in [0, 0.1) is 6.92 Å². The Kier molecular flexibility index (Phi) is 4.31. The molecule has 2 rings (SSSR count). The van der Waals surface area contributed by atoms with Crippen LogP contribution < -0.4 is 0 Å². The zero-order valence-electron chi connectivity index (χ0n) is 13.1. The van der Waals surface area contributed by atoms with Crippen molar-refractivity contribution in [2.24, 2.45) is 0 Å². The van der Waals surface area contributed by atoms with Crippen LogP contribution in [0.15, 0.2) is 24.3 Å². The Labute approximate surface area is 121 Å². The Balaban J connectivity index is 2.12. The minimum atomic E-state index is -0.195. The topological polar surface area (TPSA) is 29.5 Å². The lowest BCUT2D eigenvalue weighted by molar-refractivity contribution is -0.133. The average Bonchev–Trinajstić information content (AvgIpc) is 2.35. The fraction of sp³-hybridized carbons (Fsp3) is 0.588. The molecule has 1 aromatic rings. The third-order valence-electron chi connectivity index (χ3n) is 3.86. The van der Waals surface area contributed by atoms with Gasteiger partial charge in [-0.2, -0.15) is 0 Å². The Morgan fingerprint density at radius 3 is 2.50 bits per heavy atom. The van der Waals surface area contributed by atoms with Crippen LogP contribution in [0.1, 0.15) is 43.6 Å². The van der Waals surface area contributed by atoms with Crippen molar-refractivity contribution in [1.82, 2.24) is 4.90 Å². The Morgan fingerprint density at radius 2 is 1.95 bits per heavy atom. The highest BCUT2D eigenvalue weighted by Crippen LogP contribution is 2.23. The van der Waals surface area contributed by atoms with Crippen LogP contribution in [0.5, 0.6) is 0 Å². The van der Waals surface area contributed by atoms with E-state index in [4.69, 9.17) is 4.74 Å². The minimum absolute atomic E-state index is 0.108. The number of hydrogen-bond acceptors (Lipinski definition) is 3. The molecule has 0 saturated carbocycles. The van der Waals surface area contributed by atoms with Gasteiger partial charge in [0.1, 0.15) is 0 Å². The average molecular weight is 275 g/mol. The summed E-state index contributed by atoms with van der Waals surface area (Å²) in [5, 5.41) is 0. The summed E-state index contributed by atoms with van der Waals surface area (Å²) >= 11 is 0. The molecule has 0 N–H and O–H groups in total. The summed E-state index contributed by atoms with van der Waals surface area (Å²) in [4.78, 5) is 14.8. The van der Waals surface area contributed by atoms with Crippen LogP contribution >= 0.6 is 0 Å². The molecule has 1 aromatic carbocycles. The van der Waals surface area contributed by atoms with Gasteiger partial charge in [0.25, 0.3) is 0 Å². The molecule has 2 atom stereocenters. The minimum Gasteiger partial charge on any atom is -0.370 e. The molecule has 1 fully saturated rings. The molecule has 0 bridgehead atoms. The fourth-order valence-corrected chi connectivity index (χ4v) is 2.92. The number of hydrogen-bond donors (Lipinski definition) is 0. The van der Waals surface area contributed by atoms with Crippen LogP contribution in [0.25, 0.3) is 0 Å². The zero-order chi connectivity index (χ0) is 14.9. The molecule has 2 unspecified atom stereocenters. The normalized spacial score (nSPS) is 24.4. The van der Waals surface area contributed by atoms with E-state index < -0.39 is 0 Å². The molecule has 3 nitrogen and oxygen atoms in total. The Hall–Kier alpha value is -1.19. The van der Waals surface area contributed by atoms with Crippen molar-refractivity contribution in [2.75, 3.05) is 13.1 Å². The van der Waals surface area contributed by atoms with Crippen LogP contribution in [-0.2, 0) is 4.74 Å². The van der Waals surface area contributed by atoms with Crippen molar-refractivity contribution < 1.29 is 9.53 Å². The molecule has 1 heterocycles. The van der Waals surface area contributed by atoms with Gasteiger partial charge < -0.3 is 4.74 Å². The van der Waals surface area contributed by atoms with E-state index >= 15 is 0 Å². The second kappa shape index (κ2) is 5.66. The molecule has 0 aromatic heterocycles. The lowest BCUT2D eigenvalue weighted by Gasteiger charge is -2.43. The van der Waals surface area contributed by atoms with Crippen molar-refractivity contribution in [1.29, 1.82) is 0 Å². The molecule has 110 valence electrons. The summed E-state index contributed by atoms with van der Waals surface area (Å²) in [6, 6.07) is 7.72. The monoisotopic (exact) mass is 275 g/mol. The van der Waals surface area contributed by atoms with E-state index in [0.29, 0.717) is 0 Å². The van der Waals surface area contributed by atoms with Gasteiger partial charge >= 0.3 is 0 Å². The Morgan fingerprint density at radius 1 is 1.35 bits per heavy atom. The molecular formula is C17H25NO2. The van der Waals surface area contributed by atoms with E-state index in [2.05, 4.69) is 25.7 Å². The molecule has 20 heavy (non-hydrogen) atoms. The van der Waals surface area contributed by atoms with Crippen molar-refractivity contribution in [3.63, 3.8) is 0 Å². The number of carbonyl (C=O) groups is 1. The SMILES string of the molecule is Cc1ccc(C(=O)C(C)N2CC(C)OC(C)(C)C2)cc1. The number of aryl methyl sites for hydroxylation is 1. The molecule has 0 amide bonds. The van der Waals surface area contributed by atoms with Crippen LogP contribution in [0.2, 0.25) is 0 Å². The summed E-state index contributed by atoms with van der Waals surface area (Å²) in [5.74, 6) is 0.190. The number of ketones is 1. The molecule has 1 saturated heterocycles. The van der Waals surface area contributed by atoms with Gasteiger partial charge in [-0.15, -0.1) is 0 Å². The lowest BCUT2D eigenvalue weighted by atomic mass is 9.99. The van der Waals surface area contributed by atoms with Crippen LogP contribution in [0.4, 0.5) is 0 Å². The van der Waals surface area contributed by atoms with E-state index in [1.165, 1.54) is 5.56 Å². The number of Topliss-reactive ketones (excluding diaryl/α,β-unsaturated/α-hetero) is 1. The highest BCUT2D eigenvalue weighted by molar-refractivity contribution is 5.99. The molecule has 1 aliphatic heterocycles. The highest BCUT2D eigenvalue weighted by atomic mass is 16.5. The Bertz CT molecular complexity index is 478. The number of morpholine rings is 1. The number of ether oxygens (including phenoxy) is 1. The number of carbonyl (C=O) groups excluding carboxylic acids is 1. The smallest absolute Gasteiger partial charge is 0.179 e. The summed E-state index contributed by atoms with van der Waals surface area (Å²) in [6.07, 6.45) is 0.159. The summed E-state index contributed by atoms with van der Waals surface area (Å²) in [6.45, 7) is 11.9. The largest absolute Gasteiger partial charge is 0.370 e. The second-order valence-electron chi connectivity index (χ2n) is 6.52. The number of benzene rings is 1. The van der Waals surface area contributed by atoms with Gasteiger partial charge in [0, 0.05) is 18.7 Å². The number of rotatable bonds is 3. The van der Waals surface area contributed by atoms with Gasteiger partial charge in [0.15, 0.2) is 5.78 Å². The predicted octanol–water partition coefficient (Wildman–Crippen LogP) is 3.07. The van der Waals surface area contributed by atoms with E-state index in [0.717, 1.165) is 18.7 Å². The predicted molar refractivity (Wildman–Crippen MR) is 81.2 cm³/mol. The van der Waals surface area contributed by atoms with Gasteiger partial charge in [-0.3, -0.25) is 9.69 Å². The maximum atomic E-state index is 12.6.